The zero-order valence-corrected chi connectivity index (χ0v) is 17.7. The highest BCUT2D eigenvalue weighted by Gasteiger charge is 2.03. The van der Waals surface area contributed by atoms with Crippen LogP contribution >= 0.6 is 24.0 Å². The Hall–Kier alpha value is -1.96. The number of aliphatic imine (C=N–C) groups is 1. The Balaban J connectivity index is 0.00000338. The maximum atomic E-state index is 10.00. The molecule has 142 valence electrons. The quantitative estimate of drug-likeness (QED) is 0.315. The van der Waals surface area contributed by atoms with Crippen LogP contribution in [0, 0.1) is 0 Å². The highest BCUT2D eigenvalue weighted by atomic mass is 127. The molecule has 0 radical (unpaired) electrons. The summed E-state index contributed by atoms with van der Waals surface area (Å²) < 4.78 is 5.10. The molecule has 0 saturated heterocycles. The summed E-state index contributed by atoms with van der Waals surface area (Å²) in [5, 5.41) is 16.6. The molecule has 0 bridgehead atoms. The van der Waals surface area contributed by atoms with Crippen LogP contribution in [-0.4, -0.2) is 37.8 Å². The van der Waals surface area contributed by atoms with Gasteiger partial charge in [-0.05, 0) is 37.0 Å². The van der Waals surface area contributed by atoms with E-state index >= 15 is 0 Å². The molecule has 0 unspecified atom stereocenters. The number of phenolic OH excluding ortho intramolecular Hbond substituents is 1. The van der Waals surface area contributed by atoms with Crippen molar-refractivity contribution in [1.29, 1.82) is 0 Å². The number of aromatic hydroxyl groups is 1. The molecule has 0 aliphatic rings. The molecular weight excluding hydrogens is 441 g/mol. The molecule has 26 heavy (non-hydrogen) atoms. The van der Waals surface area contributed by atoms with Gasteiger partial charge in [-0.15, -0.1) is 24.0 Å². The number of hydrogen-bond donors (Lipinski definition) is 3. The summed E-state index contributed by atoms with van der Waals surface area (Å²) in [5.41, 5.74) is 2.17. The first-order valence-corrected chi connectivity index (χ1v) is 8.65. The normalized spacial score (nSPS) is 10.8. The first-order chi connectivity index (χ1) is 12.2. The molecule has 0 aromatic heterocycles. The summed E-state index contributed by atoms with van der Waals surface area (Å²) in [5.74, 6) is 1.70. The highest BCUT2D eigenvalue weighted by molar-refractivity contribution is 14.0. The van der Waals surface area contributed by atoms with Crippen molar-refractivity contribution in [1.82, 2.24) is 10.6 Å². The third-order valence-corrected chi connectivity index (χ3v) is 3.84. The van der Waals surface area contributed by atoms with Crippen LogP contribution in [-0.2, 0) is 12.8 Å². The standard InChI is InChI=1S/C20H27N3O2.HI/c1-3-21-20(22-13-11-16-7-5-4-6-8-16)23-14-12-17-9-10-18(25-2)15-19(17)24;/h4-10,15,24H,3,11-14H2,1-2H3,(H2,21,22,23);1H. The van der Waals surface area contributed by atoms with E-state index in [-0.39, 0.29) is 29.7 Å². The number of rotatable bonds is 8. The van der Waals surface area contributed by atoms with Gasteiger partial charge in [0.2, 0.25) is 0 Å². The molecule has 0 heterocycles. The molecule has 0 atom stereocenters. The van der Waals surface area contributed by atoms with Crippen LogP contribution in [0.15, 0.2) is 53.5 Å². The molecule has 0 amide bonds. The summed E-state index contributed by atoms with van der Waals surface area (Å²) in [6.07, 6.45) is 1.62. The van der Waals surface area contributed by atoms with Gasteiger partial charge in [-0.1, -0.05) is 36.4 Å². The van der Waals surface area contributed by atoms with E-state index < -0.39 is 0 Å². The SMILES string of the molecule is CCNC(=NCCc1ccc(OC)cc1O)NCCc1ccccc1.I. The number of ether oxygens (including phenoxy) is 1. The van der Waals surface area contributed by atoms with Crippen LogP contribution in [0.25, 0.3) is 0 Å². The van der Waals surface area contributed by atoms with Crippen molar-refractivity contribution in [2.24, 2.45) is 4.99 Å². The van der Waals surface area contributed by atoms with Gasteiger partial charge in [0.1, 0.15) is 11.5 Å². The van der Waals surface area contributed by atoms with Crippen LogP contribution in [0.5, 0.6) is 11.5 Å². The summed E-state index contributed by atoms with van der Waals surface area (Å²) in [7, 11) is 1.59. The van der Waals surface area contributed by atoms with E-state index in [9.17, 15) is 5.11 Å². The average molecular weight is 469 g/mol. The lowest BCUT2D eigenvalue weighted by atomic mass is 10.1. The van der Waals surface area contributed by atoms with Crippen LogP contribution in [0.4, 0.5) is 0 Å². The van der Waals surface area contributed by atoms with Gasteiger partial charge in [0, 0.05) is 25.7 Å². The second-order valence-corrected chi connectivity index (χ2v) is 5.67. The van der Waals surface area contributed by atoms with Gasteiger partial charge in [0.05, 0.1) is 7.11 Å². The summed E-state index contributed by atoms with van der Waals surface area (Å²) in [6, 6.07) is 15.7. The Morgan fingerprint density at radius 3 is 2.50 bits per heavy atom. The molecule has 2 rings (SSSR count). The fraction of sp³-hybridized carbons (Fsp3) is 0.350. The second-order valence-electron chi connectivity index (χ2n) is 5.67. The average Bonchev–Trinajstić information content (AvgIpc) is 2.64. The number of halogens is 1. The van der Waals surface area contributed by atoms with Crippen molar-refractivity contribution in [3.8, 4) is 11.5 Å². The molecule has 6 heteroatoms. The van der Waals surface area contributed by atoms with E-state index in [1.807, 2.05) is 25.1 Å². The van der Waals surface area contributed by atoms with Crippen molar-refractivity contribution >= 4 is 29.9 Å². The number of nitrogens with zero attached hydrogens (tertiary/aromatic N) is 1. The third kappa shape index (κ3) is 7.51. The number of guanidine groups is 1. The predicted molar refractivity (Wildman–Crippen MR) is 118 cm³/mol. The lowest BCUT2D eigenvalue weighted by molar-refractivity contribution is 0.406. The summed E-state index contributed by atoms with van der Waals surface area (Å²) >= 11 is 0. The van der Waals surface area contributed by atoms with E-state index in [2.05, 4.69) is 39.9 Å². The zero-order valence-electron chi connectivity index (χ0n) is 15.4. The minimum absolute atomic E-state index is 0. The Morgan fingerprint density at radius 2 is 1.85 bits per heavy atom. The molecule has 2 aromatic rings. The maximum absolute atomic E-state index is 10.00. The first kappa shape index (κ1) is 22.1. The monoisotopic (exact) mass is 469 g/mol. The molecule has 0 aliphatic carbocycles. The van der Waals surface area contributed by atoms with Crippen LogP contribution in [0.2, 0.25) is 0 Å². The van der Waals surface area contributed by atoms with E-state index in [0.717, 1.165) is 31.0 Å². The van der Waals surface area contributed by atoms with Gasteiger partial charge in [0.15, 0.2) is 5.96 Å². The van der Waals surface area contributed by atoms with Gasteiger partial charge in [-0.2, -0.15) is 0 Å². The van der Waals surface area contributed by atoms with Gasteiger partial charge < -0.3 is 20.5 Å². The molecule has 2 aromatic carbocycles. The summed E-state index contributed by atoms with van der Waals surface area (Å²) in [4.78, 5) is 4.58. The number of hydrogen-bond acceptors (Lipinski definition) is 3. The Labute approximate surface area is 172 Å². The van der Waals surface area contributed by atoms with Crippen molar-refractivity contribution < 1.29 is 9.84 Å². The molecule has 0 saturated carbocycles. The van der Waals surface area contributed by atoms with Crippen LogP contribution in [0.1, 0.15) is 18.1 Å². The Morgan fingerprint density at radius 1 is 1.08 bits per heavy atom. The molecule has 3 N–H and O–H groups in total. The minimum Gasteiger partial charge on any atom is -0.508 e. The van der Waals surface area contributed by atoms with Crippen LogP contribution in [0.3, 0.4) is 0 Å². The van der Waals surface area contributed by atoms with Gasteiger partial charge in [-0.25, -0.2) is 0 Å². The van der Waals surface area contributed by atoms with Crippen molar-refractivity contribution in [3.63, 3.8) is 0 Å². The zero-order chi connectivity index (χ0) is 17.9. The molecular formula is C20H28IN3O2. The second kappa shape index (κ2) is 12.4. The Bertz CT molecular complexity index is 678. The maximum Gasteiger partial charge on any atom is 0.191 e. The fourth-order valence-electron chi connectivity index (χ4n) is 2.48. The van der Waals surface area contributed by atoms with E-state index in [4.69, 9.17) is 4.74 Å². The molecule has 5 nitrogen and oxygen atoms in total. The van der Waals surface area contributed by atoms with E-state index in [0.29, 0.717) is 18.7 Å². The third-order valence-electron chi connectivity index (χ3n) is 3.84. The van der Waals surface area contributed by atoms with Crippen LogP contribution < -0.4 is 15.4 Å². The van der Waals surface area contributed by atoms with Gasteiger partial charge >= 0.3 is 0 Å². The number of nitrogens with one attached hydrogen (secondary N) is 2. The fourth-order valence-corrected chi connectivity index (χ4v) is 2.48. The Kier molecular flexibility index (Phi) is 10.5. The van der Waals surface area contributed by atoms with E-state index in [1.54, 1.807) is 13.2 Å². The molecule has 0 spiro atoms. The topological polar surface area (TPSA) is 65.9 Å². The molecule has 0 aliphatic heterocycles. The minimum atomic E-state index is 0. The van der Waals surface area contributed by atoms with Gasteiger partial charge in [-0.3, -0.25) is 4.99 Å². The highest BCUT2D eigenvalue weighted by Crippen LogP contribution is 2.23. The number of methoxy groups -OCH3 is 1. The predicted octanol–water partition coefficient (Wildman–Crippen LogP) is 3.36. The number of phenols is 1. The largest absolute Gasteiger partial charge is 0.508 e. The molecule has 0 fully saturated rings. The van der Waals surface area contributed by atoms with E-state index in [1.165, 1.54) is 5.56 Å². The number of benzene rings is 2. The van der Waals surface area contributed by atoms with Crippen molar-refractivity contribution in [3.05, 3.63) is 59.7 Å². The van der Waals surface area contributed by atoms with Crippen molar-refractivity contribution in [2.75, 3.05) is 26.7 Å². The smallest absolute Gasteiger partial charge is 0.191 e. The van der Waals surface area contributed by atoms with Gasteiger partial charge in [0.25, 0.3) is 0 Å². The summed E-state index contributed by atoms with van der Waals surface area (Å²) in [6.45, 7) is 4.28. The lowest BCUT2D eigenvalue weighted by Gasteiger charge is -2.11. The van der Waals surface area contributed by atoms with Crippen molar-refractivity contribution in [2.45, 2.75) is 19.8 Å². The first-order valence-electron chi connectivity index (χ1n) is 8.65. The lowest BCUT2D eigenvalue weighted by Crippen LogP contribution is -2.38.